The van der Waals surface area contributed by atoms with Gasteiger partial charge in [-0.25, -0.2) is 4.79 Å². The number of carbonyl (C=O) groups is 2. The van der Waals surface area contributed by atoms with Gasteiger partial charge in [0.1, 0.15) is 23.9 Å². The second kappa shape index (κ2) is 8.62. The van der Waals surface area contributed by atoms with Gasteiger partial charge >= 0.3 is 5.97 Å². The molecular weight excluding hydrogens is 474 g/mol. The summed E-state index contributed by atoms with van der Waals surface area (Å²) < 4.78 is 17.9. The fourth-order valence-electron chi connectivity index (χ4n) is 4.44. The summed E-state index contributed by atoms with van der Waals surface area (Å²) in [5.41, 5.74) is 2.36. The zero-order chi connectivity index (χ0) is 23.0. The smallest absolute Gasteiger partial charge is 0.336 e. The van der Waals surface area contributed by atoms with Gasteiger partial charge in [-0.3, -0.25) is 4.79 Å². The Morgan fingerprint density at radius 2 is 2.03 bits per heavy atom. The summed E-state index contributed by atoms with van der Waals surface area (Å²) in [7, 11) is 1.34. The molecule has 6 nitrogen and oxygen atoms in total. The monoisotopic (exact) mass is 499 g/mol. The van der Waals surface area contributed by atoms with Gasteiger partial charge in [0.25, 0.3) is 0 Å². The Hall–Kier alpha value is -2.80. The molecule has 1 aromatic carbocycles. The quantitative estimate of drug-likeness (QED) is 0.555. The first-order valence-electron chi connectivity index (χ1n) is 10.5. The van der Waals surface area contributed by atoms with Gasteiger partial charge in [-0.15, -0.1) is 0 Å². The van der Waals surface area contributed by atoms with Crippen LogP contribution in [0.25, 0.3) is 0 Å². The maximum atomic E-state index is 13.2. The van der Waals surface area contributed by atoms with Crippen LogP contribution in [0.1, 0.15) is 51.1 Å². The molecular formula is C25H26BrNO5. The molecule has 2 aromatic rings. The van der Waals surface area contributed by atoms with Crippen LogP contribution in [0.3, 0.4) is 0 Å². The summed E-state index contributed by atoms with van der Waals surface area (Å²) in [4.78, 5) is 25.9. The van der Waals surface area contributed by atoms with Gasteiger partial charge < -0.3 is 19.2 Å². The van der Waals surface area contributed by atoms with Crippen molar-refractivity contribution in [3.05, 3.63) is 74.9 Å². The number of ketones is 1. The largest absolute Gasteiger partial charge is 0.486 e. The van der Waals surface area contributed by atoms with Crippen molar-refractivity contribution in [2.24, 2.45) is 5.41 Å². The van der Waals surface area contributed by atoms with Gasteiger partial charge in [0.2, 0.25) is 0 Å². The Kier molecular flexibility index (Phi) is 6.03. The number of rotatable bonds is 5. The Morgan fingerprint density at radius 1 is 1.25 bits per heavy atom. The van der Waals surface area contributed by atoms with Crippen molar-refractivity contribution in [2.45, 2.75) is 46.1 Å². The molecule has 1 atom stereocenters. The third-order valence-corrected chi connectivity index (χ3v) is 6.28. The van der Waals surface area contributed by atoms with E-state index < -0.39 is 11.9 Å². The topological polar surface area (TPSA) is 77.8 Å². The van der Waals surface area contributed by atoms with Crippen LogP contribution in [0.4, 0.5) is 0 Å². The van der Waals surface area contributed by atoms with E-state index in [2.05, 4.69) is 35.1 Å². The molecule has 0 saturated carbocycles. The molecule has 0 fully saturated rings. The summed E-state index contributed by atoms with van der Waals surface area (Å²) in [6, 6.07) is 11.2. The number of ether oxygens (including phenoxy) is 2. The van der Waals surface area contributed by atoms with Crippen LogP contribution >= 0.6 is 15.9 Å². The van der Waals surface area contributed by atoms with Gasteiger partial charge in [0, 0.05) is 27.9 Å². The van der Waals surface area contributed by atoms with E-state index in [1.54, 1.807) is 0 Å². The lowest BCUT2D eigenvalue weighted by molar-refractivity contribution is -0.136. The third kappa shape index (κ3) is 4.39. The molecule has 0 bridgehead atoms. The highest BCUT2D eigenvalue weighted by atomic mass is 79.9. The molecule has 2 aliphatic rings. The minimum absolute atomic E-state index is 0.0194. The summed E-state index contributed by atoms with van der Waals surface area (Å²) in [6.45, 7) is 6.20. The van der Waals surface area contributed by atoms with Gasteiger partial charge in [-0.1, -0.05) is 35.8 Å². The lowest BCUT2D eigenvalue weighted by Crippen LogP contribution is -2.38. The number of halogens is 1. The van der Waals surface area contributed by atoms with E-state index in [0.717, 1.165) is 16.6 Å². The molecule has 0 amide bonds. The SMILES string of the molecule is COC(=O)C1=C(C)NC2=C(C(=O)CC(C)(C)C2)[C@H]1c1ccc(COc2cccc(Br)c2)o1. The maximum Gasteiger partial charge on any atom is 0.336 e. The summed E-state index contributed by atoms with van der Waals surface area (Å²) in [5, 5.41) is 3.29. The standard InChI is InChI=1S/C25H26BrNO5/c1-14-21(24(29)30-4)23(22-18(27-14)11-25(2,3)12-19(22)28)20-9-8-17(32-20)13-31-16-7-5-6-15(26)10-16/h5-10,23,27H,11-13H2,1-4H3/t23-/m0/s1. The summed E-state index contributed by atoms with van der Waals surface area (Å²) >= 11 is 3.43. The van der Waals surface area contributed by atoms with Gasteiger partial charge in [0.15, 0.2) is 5.78 Å². The molecule has 4 rings (SSSR count). The number of Topliss-reactive ketones (excluding diaryl/α,β-unsaturated/α-hetero) is 1. The number of furan rings is 1. The third-order valence-electron chi connectivity index (χ3n) is 5.79. The highest BCUT2D eigenvalue weighted by molar-refractivity contribution is 9.10. The zero-order valence-electron chi connectivity index (χ0n) is 18.6. The minimum Gasteiger partial charge on any atom is -0.486 e. The van der Waals surface area contributed by atoms with Crippen LogP contribution in [0.15, 0.2) is 67.8 Å². The van der Waals surface area contributed by atoms with Crippen molar-refractivity contribution >= 4 is 27.7 Å². The number of nitrogens with one attached hydrogen (secondary N) is 1. The van der Waals surface area contributed by atoms with Crippen LogP contribution < -0.4 is 10.1 Å². The van der Waals surface area contributed by atoms with E-state index in [4.69, 9.17) is 13.9 Å². The lowest BCUT2D eigenvalue weighted by Gasteiger charge is -2.38. The molecule has 1 aliphatic carbocycles. The number of hydrogen-bond donors (Lipinski definition) is 1. The van der Waals surface area contributed by atoms with E-state index in [-0.39, 0.29) is 17.8 Å². The van der Waals surface area contributed by atoms with Crippen molar-refractivity contribution in [3.8, 4) is 5.75 Å². The zero-order valence-corrected chi connectivity index (χ0v) is 20.2. The minimum atomic E-state index is -0.609. The highest BCUT2D eigenvalue weighted by Crippen LogP contribution is 2.47. The highest BCUT2D eigenvalue weighted by Gasteiger charge is 2.44. The van der Waals surface area contributed by atoms with Crippen LogP contribution in [-0.4, -0.2) is 18.9 Å². The van der Waals surface area contributed by atoms with Gasteiger partial charge in [-0.05, 0) is 49.1 Å². The fourth-order valence-corrected chi connectivity index (χ4v) is 4.82. The number of benzene rings is 1. The molecule has 0 radical (unpaired) electrons. The van der Waals surface area contributed by atoms with E-state index in [1.165, 1.54) is 7.11 Å². The molecule has 1 aliphatic heterocycles. The van der Waals surface area contributed by atoms with Crippen molar-refractivity contribution in [3.63, 3.8) is 0 Å². The average Bonchev–Trinajstić information content (AvgIpc) is 3.18. The molecule has 1 aromatic heterocycles. The van der Waals surface area contributed by atoms with Crippen LogP contribution in [0.2, 0.25) is 0 Å². The van der Waals surface area contributed by atoms with E-state index >= 15 is 0 Å². The second-order valence-electron chi connectivity index (χ2n) is 8.97. The predicted octanol–water partition coefficient (Wildman–Crippen LogP) is 5.40. The molecule has 32 heavy (non-hydrogen) atoms. The molecule has 168 valence electrons. The molecule has 2 heterocycles. The second-order valence-corrected chi connectivity index (χ2v) is 9.89. The first-order chi connectivity index (χ1) is 15.2. The molecule has 0 saturated heterocycles. The molecule has 0 unspecified atom stereocenters. The number of methoxy groups -OCH3 is 1. The van der Waals surface area contributed by atoms with Crippen LogP contribution in [-0.2, 0) is 20.9 Å². The Balaban J connectivity index is 1.68. The first-order valence-corrected chi connectivity index (χ1v) is 11.3. The Bertz CT molecular complexity index is 1140. The van der Waals surface area contributed by atoms with E-state index in [1.807, 2.05) is 43.3 Å². The number of dihydropyridines is 1. The number of esters is 1. The van der Waals surface area contributed by atoms with Crippen molar-refractivity contribution < 1.29 is 23.5 Å². The fraction of sp³-hybridized carbons (Fsp3) is 0.360. The van der Waals surface area contributed by atoms with Crippen molar-refractivity contribution in [1.29, 1.82) is 0 Å². The van der Waals surface area contributed by atoms with Crippen LogP contribution in [0, 0.1) is 5.41 Å². The average molecular weight is 500 g/mol. The van der Waals surface area contributed by atoms with Gasteiger partial charge in [-0.2, -0.15) is 0 Å². The number of hydrogen-bond acceptors (Lipinski definition) is 6. The van der Waals surface area contributed by atoms with Crippen molar-refractivity contribution in [1.82, 2.24) is 5.32 Å². The lowest BCUT2D eigenvalue weighted by atomic mass is 9.69. The Morgan fingerprint density at radius 3 is 2.75 bits per heavy atom. The van der Waals surface area contributed by atoms with Crippen LogP contribution in [0.5, 0.6) is 5.75 Å². The summed E-state index contributed by atoms with van der Waals surface area (Å²) in [6.07, 6.45) is 1.13. The predicted molar refractivity (Wildman–Crippen MR) is 123 cm³/mol. The van der Waals surface area contributed by atoms with Crippen molar-refractivity contribution in [2.75, 3.05) is 7.11 Å². The maximum absolute atomic E-state index is 13.2. The molecule has 7 heteroatoms. The van der Waals surface area contributed by atoms with E-state index in [9.17, 15) is 9.59 Å². The number of carbonyl (C=O) groups excluding carboxylic acids is 2. The normalized spacial score (nSPS) is 20.0. The van der Waals surface area contributed by atoms with E-state index in [0.29, 0.717) is 40.5 Å². The molecule has 1 N–H and O–H groups in total. The summed E-state index contributed by atoms with van der Waals surface area (Å²) in [5.74, 6) is 0.769. The molecule has 0 spiro atoms. The first kappa shape index (κ1) is 22.4. The Labute approximate surface area is 195 Å². The van der Waals surface area contributed by atoms with Gasteiger partial charge in [0.05, 0.1) is 18.6 Å². The number of allylic oxidation sites excluding steroid dienone is 3.